The molecule has 0 aliphatic carbocycles. The van der Waals surface area contributed by atoms with Gasteiger partial charge in [0.25, 0.3) is 5.91 Å². The first-order chi connectivity index (χ1) is 9.16. The van der Waals surface area contributed by atoms with Gasteiger partial charge in [0.05, 0.1) is 0 Å². The molecule has 1 aromatic carbocycles. The van der Waals surface area contributed by atoms with Crippen LogP contribution < -0.4 is 5.32 Å². The Morgan fingerprint density at radius 3 is 2.58 bits per heavy atom. The first-order valence-corrected chi connectivity index (χ1v) is 6.61. The van der Waals surface area contributed by atoms with Gasteiger partial charge in [-0.1, -0.05) is 18.2 Å². The molecule has 0 fully saturated rings. The molecule has 0 spiro atoms. The van der Waals surface area contributed by atoms with E-state index >= 15 is 0 Å². The van der Waals surface area contributed by atoms with Crippen LogP contribution in [0.3, 0.4) is 0 Å². The molecular formula is C14H13NO3S. The van der Waals surface area contributed by atoms with E-state index in [4.69, 9.17) is 4.74 Å². The van der Waals surface area contributed by atoms with E-state index in [1.54, 1.807) is 12.1 Å². The van der Waals surface area contributed by atoms with Crippen LogP contribution in [-0.4, -0.2) is 18.5 Å². The third-order valence-corrected chi connectivity index (χ3v) is 3.44. The minimum Gasteiger partial charge on any atom is -0.451 e. The molecule has 0 atom stereocenters. The van der Waals surface area contributed by atoms with E-state index in [2.05, 4.69) is 5.32 Å². The SMILES string of the molecule is Cc1ccsc1C(=O)OCC(=O)Nc1ccccc1. The molecule has 0 aliphatic rings. The van der Waals surface area contributed by atoms with Crippen molar-refractivity contribution in [2.75, 3.05) is 11.9 Å². The second kappa shape index (κ2) is 6.15. The molecule has 4 nitrogen and oxygen atoms in total. The molecule has 1 aromatic heterocycles. The molecule has 2 aromatic rings. The summed E-state index contributed by atoms with van der Waals surface area (Å²) in [5, 5.41) is 4.46. The molecule has 0 aliphatic heterocycles. The number of amides is 1. The second-order valence-corrected chi connectivity index (χ2v) is 4.84. The van der Waals surface area contributed by atoms with Gasteiger partial charge >= 0.3 is 5.97 Å². The van der Waals surface area contributed by atoms with Gasteiger partial charge in [0.1, 0.15) is 4.88 Å². The zero-order chi connectivity index (χ0) is 13.7. The van der Waals surface area contributed by atoms with Crippen molar-refractivity contribution in [2.24, 2.45) is 0 Å². The highest BCUT2D eigenvalue weighted by Gasteiger charge is 2.13. The zero-order valence-corrected chi connectivity index (χ0v) is 11.2. The number of rotatable bonds is 4. The normalized spacial score (nSPS) is 9.95. The van der Waals surface area contributed by atoms with Crippen LogP contribution in [0.25, 0.3) is 0 Å². The average molecular weight is 275 g/mol. The molecule has 0 saturated heterocycles. The smallest absolute Gasteiger partial charge is 0.349 e. The van der Waals surface area contributed by atoms with Crippen LogP contribution in [0.1, 0.15) is 15.2 Å². The molecule has 1 heterocycles. The maximum atomic E-state index is 11.7. The standard InChI is InChI=1S/C14H13NO3S/c1-10-7-8-19-13(10)14(17)18-9-12(16)15-11-5-3-2-4-6-11/h2-8H,9H2,1H3,(H,15,16). The van der Waals surface area contributed by atoms with Crippen LogP contribution in [0, 0.1) is 6.92 Å². The number of ether oxygens (including phenoxy) is 1. The monoisotopic (exact) mass is 275 g/mol. The molecule has 1 N–H and O–H groups in total. The van der Waals surface area contributed by atoms with Gasteiger partial charge in [-0.3, -0.25) is 4.79 Å². The zero-order valence-electron chi connectivity index (χ0n) is 10.4. The lowest BCUT2D eigenvalue weighted by molar-refractivity contribution is -0.119. The molecule has 0 unspecified atom stereocenters. The van der Waals surface area contributed by atoms with Gasteiger partial charge < -0.3 is 10.1 Å². The Morgan fingerprint density at radius 1 is 1.21 bits per heavy atom. The Labute approximate surface area is 115 Å². The Balaban J connectivity index is 1.84. The number of benzene rings is 1. The lowest BCUT2D eigenvalue weighted by Gasteiger charge is -2.06. The third-order valence-electron chi connectivity index (χ3n) is 2.44. The Morgan fingerprint density at radius 2 is 1.95 bits per heavy atom. The van der Waals surface area contributed by atoms with Gasteiger partial charge in [-0.05, 0) is 36.1 Å². The van der Waals surface area contributed by atoms with E-state index < -0.39 is 5.97 Å². The molecule has 2 rings (SSSR count). The fraction of sp³-hybridized carbons (Fsp3) is 0.143. The second-order valence-electron chi connectivity index (χ2n) is 3.92. The maximum Gasteiger partial charge on any atom is 0.349 e. The lowest BCUT2D eigenvalue weighted by Crippen LogP contribution is -2.20. The number of anilines is 1. The Kier molecular flexibility index (Phi) is 4.30. The fourth-order valence-corrected chi connectivity index (χ4v) is 2.31. The third kappa shape index (κ3) is 3.66. The first-order valence-electron chi connectivity index (χ1n) is 5.73. The van der Waals surface area contributed by atoms with Crippen molar-refractivity contribution in [2.45, 2.75) is 6.92 Å². The number of nitrogens with one attached hydrogen (secondary N) is 1. The van der Waals surface area contributed by atoms with Crippen LogP contribution >= 0.6 is 11.3 Å². The summed E-state index contributed by atoms with van der Waals surface area (Å²) in [6, 6.07) is 10.9. The van der Waals surface area contributed by atoms with Crippen LogP contribution in [0.2, 0.25) is 0 Å². The van der Waals surface area contributed by atoms with Crippen molar-refractivity contribution in [3.05, 3.63) is 52.2 Å². The molecule has 1 amide bonds. The predicted octanol–water partition coefficient (Wildman–Crippen LogP) is 2.85. The number of aryl methyl sites for hydroxylation is 1. The topological polar surface area (TPSA) is 55.4 Å². The van der Waals surface area contributed by atoms with Crippen molar-refractivity contribution < 1.29 is 14.3 Å². The number of carbonyl (C=O) groups excluding carboxylic acids is 2. The number of carbonyl (C=O) groups is 2. The Hall–Kier alpha value is -2.14. The highest BCUT2D eigenvalue weighted by molar-refractivity contribution is 7.12. The predicted molar refractivity (Wildman–Crippen MR) is 74.4 cm³/mol. The van der Waals surface area contributed by atoms with Crippen LogP contribution in [0.4, 0.5) is 5.69 Å². The number of hydrogen-bond donors (Lipinski definition) is 1. The molecule has 98 valence electrons. The van der Waals surface area contributed by atoms with Crippen molar-refractivity contribution >= 4 is 28.9 Å². The average Bonchev–Trinajstić information content (AvgIpc) is 2.83. The molecule has 5 heteroatoms. The molecule has 0 radical (unpaired) electrons. The largest absolute Gasteiger partial charge is 0.451 e. The van der Waals surface area contributed by atoms with Gasteiger partial charge in [-0.25, -0.2) is 4.79 Å². The van der Waals surface area contributed by atoms with Crippen LogP contribution in [0.15, 0.2) is 41.8 Å². The lowest BCUT2D eigenvalue weighted by atomic mass is 10.3. The van der Waals surface area contributed by atoms with Gasteiger partial charge in [0, 0.05) is 5.69 Å². The molecule has 19 heavy (non-hydrogen) atoms. The van der Waals surface area contributed by atoms with Gasteiger partial charge in [-0.2, -0.15) is 0 Å². The Bertz CT molecular complexity index is 577. The fourth-order valence-electron chi connectivity index (χ4n) is 1.50. The number of para-hydroxylation sites is 1. The summed E-state index contributed by atoms with van der Waals surface area (Å²) in [5.74, 6) is -0.815. The van der Waals surface area contributed by atoms with E-state index in [0.717, 1.165) is 5.56 Å². The summed E-state index contributed by atoms with van der Waals surface area (Å²) in [6.07, 6.45) is 0. The van der Waals surface area contributed by atoms with Crippen molar-refractivity contribution in [3.8, 4) is 0 Å². The quantitative estimate of drug-likeness (QED) is 0.873. The summed E-state index contributed by atoms with van der Waals surface area (Å²) in [4.78, 5) is 23.8. The van der Waals surface area contributed by atoms with E-state index in [1.807, 2.05) is 36.6 Å². The highest BCUT2D eigenvalue weighted by atomic mass is 32.1. The summed E-state index contributed by atoms with van der Waals surface area (Å²) in [5.41, 5.74) is 1.54. The van der Waals surface area contributed by atoms with Crippen molar-refractivity contribution in [1.29, 1.82) is 0 Å². The van der Waals surface area contributed by atoms with E-state index in [9.17, 15) is 9.59 Å². The minimum absolute atomic E-state index is 0.287. The van der Waals surface area contributed by atoms with E-state index in [0.29, 0.717) is 10.6 Å². The van der Waals surface area contributed by atoms with Gasteiger partial charge in [0.2, 0.25) is 0 Å². The van der Waals surface area contributed by atoms with E-state index in [1.165, 1.54) is 11.3 Å². The highest BCUT2D eigenvalue weighted by Crippen LogP contribution is 2.16. The molecule has 0 bridgehead atoms. The molecular weight excluding hydrogens is 262 g/mol. The van der Waals surface area contributed by atoms with Crippen LogP contribution in [0.5, 0.6) is 0 Å². The summed E-state index contributed by atoms with van der Waals surface area (Å²) in [6.45, 7) is 1.54. The van der Waals surface area contributed by atoms with Crippen molar-refractivity contribution in [1.82, 2.24) is 0 Å². The summed E-state index contributed by atoms with van der Waals surface area (Å²) >= 11 is 1.31. The van der Waals surface area contributed by atoms with Crippen molar-refractivity contribution in [3.63, 3.8) is 0 Å². The number of thiophene rings is 1. The number of esters is 1. The minimum atomic E-state index is -0.462. The summed E-state index contributed by atoms with van der Waals surface area (Å²) in [7, 11) is 0. The molecule has 0 saturated carbocycles. The van der Waals surface area contributed by atoms with E-state index in [-0.39, 0.29) is 12.5 Å². The van der Waals surface area contributed by atoms with Gasteiger partial charge in [0.15, 0.2) is 6.61 Å². The van der Waals surface area contributed by atoms with Crippen LogP contribution in [-0.2, 0) is 9.53 Å². The summed E-state index contributed by atoms with van der Waals surface area (Å²) < 4.78 is 4.96. The number of hydrogen-bond acceptors (Lipinski definition) is 4. The van der Waals surface area contributed by atoms with Gasteiger partial charge in [-0.15, -0.1) is 11.3 Å². The first kappa shape index (κ1) is 13.3. The maximum absolute atomic E-state index is 11.7.